The SMILES string of the molecule is CC1CN(C(C)C(=O)Cl)CC(C)O1. The number of halogens is 1. The summed E-state index contributed by atoms with van der Waals surface area (Å²) in [6.07, 6.45) is 0.365. The van der Waals surface area contributed by atoms with Gasteiger partial charge in [0.1, 0.15) is 0 Å². The van der Waals surface area contributed by atoms with Gasteiger partial charge in [-0.05, 0) is 32.4 Å². The molecule has 0 radical (unpaired) electrons. The first-order valence-corrected chi connectivity index (χ1v) is 4.97. The number of morpholine rings is 1. The van der Waals surface area contributed by atoms with Gasteiger partial charge >= 0.3 is 0 Å². The number of nitrogens with zero attached hydrogens (tertiary/aromatic N) is 1. The van der Waals surface area contributed by atoms with Gasteiger partial charge in [0.25, 0.3) is 0 Å². The normalized spacial score (nSPS) is 32.9. The van der Waals surface area contributed by atoms with Crippen LogP contribution in [0.15, 0.2) is 0 Å². The average Bonchev–Trinajstić information content (AvgIpc) is 2.01. The van der Waals surface area contributed by atoms with Gasteiger partial charge in [-0.2, -0.15) is 0 Å². The highest BCUT2D eigenvalue weighted by Crippen LogP contribution is 2.14. The molecule has 1 heterocycles. The maximum atomic E-state index is 10.9. The highest BCUT2D eigenvalue weighted by atomic mass is 35.5. The van der Waals surface area contributed by atoms with E-state index in [1.807, 2.05) is 20.8 Å². The zero-order valence-corrected chi connectivity index (χ0v) is 9.04. The van der Waals surface area contributed by atoms with Crippen LogP contribution in [0.1, 0.15) is 20.8 Å². The van der Waals surface area contributed by atoms with Crippen molar-refractivity contribution < 1.29 is 9.53 Å². The molecule has 0 amide bonds. The van der Waals surface area contributed by atoms with Crippen LogP contribution in [0.25, 0.3) is 0 Å². The van der Waals surface area contributed by atoms with Crippen LogP contribution in [0.4, 0.5) is 0 Å². The van der Waals surface area contributed by atoms with Crippen molar-refractivity contribution in [2.75, 3.05) is 13.1 Å². The third kappa shape index (κ3) is 2.93. The van der Waals surface area contributed by atoms with E-state index in [-0.39, 0.29) is 23.5 Å². The number of hydrogen-bond acceptors (Lipinski definition) is 3. The lowest BCUT2D eigenvalue weighted by atomic mass is 10.2. The van der Waals surface area contributed by atoms with Crippen molar-refractivity contribution in [3.05, 3.63) is 0 Å². The quantitative estimate of drug-likeness (QED) is 0.636. The molecule has 0 aromatic rings. The van der Waals surface area contributed by atoms with Gasteiger partial charge in [0.2, 0.25) is 5.24 Å². The van der Waals surface area contributed by atoms with Gasteiger partial charge in [0.15, 0.2) is 0 Å². The van der Waals surface area contributed by atoms with E-state index >= 15 is 0 Å². The fourth-order valence-electron chi connectivity index (χ4n) is 1.68. The molecular weight excluding hydrogens is 190 g/mol. The molecule has 1 aliphatic rings. The fourth-order valence-corrected chi connectivity index (χ4v) is 1.82. The molecule has 1 rings (SSSR count). The zero-order valence-electron chi connectivity index (χ0n) is 8.29. The second-order valence-electron chi connectivity index (χ2n) is 3.69. The minimum atomic E-state index is -0.290. The number of carbonyl (C=O) groups excluding carboxylic acids is 1. The summed E-state index contributed by atoms with van der Waals surface area (Å²) in [5.74, 6) is 0. The summed E-state index contributed by atoms with van der Waals surface area (Å²) in [5, 5.41) is -0.290. The van der Waals surface area contributed by atoms with Gasteiger partial charge in [-0.15, -0.1) is 0 Å². The molecule has 4 heteroatoms. The summed E-state index contributed by atoms with van der Waals surface area (Å²) in [5.41, 5.74) is 0. The summed E-state index contributed by atoms with van der Waals surface area (Å²) in [6, 6.07) is -0.199. The Morgan fingerprint density at radius 2 is 1.92 bits per heavy atom. The van der Waals surface area contributed by atoms with Crippen molar-refractivity contribution in [1.29, 1.82) is 0 Å². The Kier molecular flexibility index (Phi) is 3.71. The lowest BCUT2D eigenvalue weighted by Crippen LogP contribution is -2.50. The van der Waals surface area contributed by atoms with Gasteiger partial charge in [-0.25, -0.2) is 0 Å². The summed E-state index contributed by atoms with van der Waals surface area (Å²) in [6.45, 7) is 7.41. The molecule has 3 nitrogen and oxygen atoms in total. The molecule has 0 aromatic heterocycles. The van der Waals surface area contributed by atoms with Gasteiger partial charge in [0, 0.05) is 13.1 Å². The molecule has 0 aliphatic carbocycles. The Bertz CT molecular complexity index is 188. The monoisotopic (exact) mass is 205 g/mol. The first-order chi connectivity index (χ1) is 6.00. The average molecular weight is 206 g/mol. The molecule has 0 aromatic carbocycles. The lowest BCUT2D eigenvalue weighted by Gasteiger charge is -2.37. The van der Waals surface area contributed by atoms with Crippen LogP contribution >= 0.6 is 11.6 Å². The van der Waals surface area contributed by atoms with E-state index in [0.717, 1.165) is 13.1 Å². The second-order valence-corrected chi connectivity index (χ2v) is 4.06. The van der Waals surface area contributed by atoms with Crippen LogP contribution in [-0.4, -0.2) is 41.5 Å². The number of rotatable bonds is 2. The summed E-state index contributed by atoms with van der Waals surface area (Å²) < 4.78 is 5.55. The molecule has 1 aliphatic heterocycles. The van der Waals surface area contributed by atoms with Crippen LogP contribution in [0.2, 0.25) is 0 Å². The standard InChI is InChI=1S/C9H16ClNO2/c1-6-4-11(5-7(2)13-6)8(3)9(10)12/h6-8H,4-5H2,1-3H3. The van der Waals surface area contributed by atoms with E-state index in [1.165, 1.54) is 0 Å². The molecule has 0 spiro atoms. The number of ether oxygens (including phenoxy) is 1. The van der Waals surface area contributed by atoms with E-state index in [1.54, 1.807) is 0 Å². The Labute approximate surface area is 84.0 Å². The molecule has 13 heavy (non-hydrogen) atoms. The van der Waals surface area contributed by atoms with E-state index in [2.05, 4.69) is 4.90 Å². The van der Waals surface area contributed by atoms with Crippen molar-refractivity contribution in [2.24, 2.45) is 0 Å². The van der Waals surface area contributed by atoms with Gasteiger partial charge < -0.3 is 4.74 Å². The third-order valence-electron chi connectivity index (χ3n) is 2.32. The van der Waals surface area contributed by atoms with Crippen LogP contribution in [0.3, 0.4) is 0 Å². The van der Waals surface area contributed by atoms with E-state index in [0.29, 0.717) is 0 Å². The molecule has 1 saturated heterocycles. The van der Waals surface area contributed by atoms with E-state index in [9.17, 15) is 4.79 Å². The zero-order chi connectivity index (χ0) is 10.0. The fraction of sp³-hybridized carbons (Fsp3) is 0.889. The van der Waals surface area contributed by atoms with Crippen molar-refractivity contribution >= 4 is 16.8 Å². The maximum absolute atomic E-state index is 10.9. The highest BCUT2D eigenvalue weighted by molar-refractivity contribution is 6.64. The number of hydrogen-bond donors (Lipinski definition) is 0. The van der Waals surface area contributed by atoms with Crippen molar-refractivity contribution in [2.45, 2.75) is 39.0 Å². The predicted molar refractivity (Wildman–Crippen MR) is 51.9 cm³/mol. The van der Waals surface area contributed by atoms with E-state index < -0.39 is 0 Å². The highest BCUT2D eigenvalue weighted by Gasteiger charge is 2.28. The van der Waals surface area contributed by atoms with Crippen LogP contribution in [0, 0.1) is 0 Å². The van der Waals surface area contributed by atoms with Crippen molar-refractivity contribution in [1.82, 2.24) is 4.90 Å². The summed E-state index contributed by atoms with van der Waals surface area (Å²) >= 11 is 5.44. The van der Waals surface area contributed by atoms with Gasteiger partial charge in [-0.3, -0.25) is 9.69 Å². The topological polar surface area (TPSA) is 29.5 Å². The Balaban J connectivity index is 2.54. The maximum Gasteiger partial charge on any atom is 0.238 e. The Morgan fingerprint density at radius 1 is 1.46 bits per heavy atom. The van der Waals surface area contributed by atoms with Crippen molar-refractivity contribution in [3.63, 3.8) is 0 Å². The summed E-state index contributed by atoms with van der Waals surface area (Å²) in [7, 11) is 0. The van der Waals surface area contributed by atoms with Crippen molar-refractivity contribution in [3.8, 4) is 0 Å². The third-order valence-corrected chi connectivity index (χ3v) is 2.64. The molecule has 0 N–H and O–H groups in total. The van der Waals surface area contributed by atoms with E-state index in [4.69, 9.17) is 16.3 Å². The number of carbonyl (C=O) groups is 1. The van der Waals surface area contributed by atoms with Gasteiger partial charge in [-0.1, -0.05) is 0 Å². The molecule has 3 unspecified atom stereocenters. The minimum absolute atomic E-state index is 0.183. The second kappa shape index (κ2) is 4.40. The lowest BCUT2D eigenvalue weighted by molar-refractivity contribution is -0.122. The first kappa shape index (κ1) is 11.0. The largest absolute Gasteiger partial charge is 0.373 e. The first-order valence-electron chi connectivity index (χ1n) is 4.59. The minimum Gasteiger partial charge on any atom is -0.373 e. The molecule has 1 fully saturated rings. The summed E-state index contributed by atoms with van der Waals surface area (Å²) in [4.78, 5) is 13.0. The molecule has 3 atom stereocenters. The predicted octanol–water partition coefficient (Wildman–Crippen LogP) is 1.25. The van der Waals surface area contributed by atoms with Crippen LogP contribution in [0.5, 0.6) is 0 Å². The van der Waals surface area contributed by atoms with Crippen LogP contribution in [-0.2, 0) is 9.53 Å². The smallest absolute Gasteiger partial charge is 0.238 e. The Hall–Kier alpha value is -0.120. The molecule has 0 saturated carbocycles. The Morgan fingerprint density at radius 3 is 2.31 bits per heavy atom. The van der Waals surface area contributed by atoms with Crippen LogP contribution < -0.4 is 0 Å². The van der Waals surface area contributed by atoms with Gasteiger partial charge in [0.05, 0.1) is 18.2 Å². The molecular formula is C9H16ClNO2. The molecule has 76 valence electrons. The molecule has 0 bridgehead atoms.